The Balaban J connectivity index is 2.38. The van der Waals surface area contributed by atoms with E-state index in [9.17, 15) is 4.79 Å². The molecule has 0 amide bonds. The number of H-pyrrole nitrogens is 1. The van der Waals surface area contributed by atoms with E-state index in [2.05, 4.69) is 15.0 Å². The van der Waals surface area contributed by atoms with Crippen molar-refractivity contribution < 1.29 is 0 Å². The second kappa shape index (κ2) is 4.95. The van der Waals surface area contributed by atoms with Crippen LogP contribution in [0.5, 0.6) is 0 Å². The summed E-state index contributed by atoms with van der Waals surface area (Å²) in [7, 11) is 0. The van der Waals surface area contributed by atoms with Gasteiger partial charge in [-0.25, -0.2) is 9.97 Å². The Bertz CT molecular complexity index is 616. The SMILES string of the molecule is Nc1nc(Cl)cnc1Sc1cc[nH]c(=O)c1Cl. The molecule has 0 radical (unpaired) electrons. The van der Waals surface area contributed by atoms with Gasteiger partial charge in [0.15, 0.2) is 5.82 Å². The Morgan fingerprint density at radius 3 is 2.88 bits per heavy atom. The average Bonchev–Trinajstić information content (AvgIpc) is 2.28. The molecule has 8 heteroatoms. The minimum atomic E-state index is -0.364. The number of nitrogens with zero attached hydrogens (tertiary/aromatic N) is 2. The predicted octanol–water partition coefficient (Wildman–Crippen LogP) is 2.21. The van der Waals surface area contributed by atoms with Crippen LogP contribution in [-0.2, 0) is 0 Å². The lowest BCUT2D eigenvalue weighted by Crippen LogP contribution is -2.05. The molecule has 3 N–H and O–H groups in total. The van der Waals surface area contributed by atoms with Crippen molar-refractivity contribution in [2.45, 2.75) is 9.92 Å². The van der Waals surface area contributed by atoms with Gasteiger partial charge in [-0.3, -0.25) is 4.79 Å². The van der Waals surface area contributed by atoms with Gasteiger partial charge in [0.1, 0.15) is 15.2 Å². The summed E-state index contributed by atoms with van der Waals surface area (Å²) < 4.78 is 0. The van der Waals surface area contributed by atoms with Gasteiger partial charge in [-0.05, 0) is 6.07 Å². The first kappa shape index (κ1) is 12.2. The zero-order valence-electron chi connectivity index (χ0n) is 8.28. The second-order valence-corrected chi connectivity index (χ2v) is 4.77. The number of hydrogen-bond acceptors (Lipinski definition) is 5. The summed E-state index contributed by atoms with van der Waals surface area (Å²) in [6.07, 6.45) is 2.87. The molecule has 0 aliphatic heterocycles. The number of pyridine rings is 1. The van der Waals surface area contributed by atoms with Crippen LogP contribution in [0.2, 0.25) is 10.2 Å². The van der Waals surface area contributed by atoms with Crippen molar-refractivity contribution in [3.8, 4) is 0 Å². The molecular formula is C9H6Cl2N4OS. The van der Waals surface area contributed by atoms with Crippen LogP contribution in [-0.4, -0.2) is 15.0 Å². The lowest BCUT2D eigenvalue weighted by atomic mass is 10.5. The number of hydrogen-bond donors (Lipinski definition) is 2. The normalized spacial score (nSPS) is 10.5. The summed E-state index contributed by atoms with van der Waals surface area (Å²) in [6, 6.07) is 1.66. The van der Waals surface area contributed by atoms with Gasteiger partial charge >= 0.3 is 0 Å². The van der Waals surface area contributed by atoms with Crippen LogP contribution in [0, 0.1) is 0 Å². The third-order valence-electron chi connectivity index (χ3n) is 1.81. The minimum absolute atomic E-state index is 0.0913. The van der Waals surface area contributed by atoms with Crippen molar-refractivity contribution in [3.63, 3.8) is 0 Å². The molecule has 0 aliphatic rings. The summed E-state index contributed by atoms with van der Waals surface area (Å²) in [5.41, 5.74) is 5.29. The van der Waals surface area contributed by atoms with E-state index < -0.39 is 0 Å². The van der Waals surface area contributed by atoms with E-state index in [-0.39, 0.29) is 21.6 Å². The van der Waals surface area contributed by atoms with Crippen LogP contribution in [0.3, 0.4) is 0 Å². The number of halogens is 2. The molecule has 0 unspecified atom stereocenters. The molecule has 0 saturated carbocycles. The highest BCUT2D eigenvalue weighted by Crippen LogP contribution is 2.32. The molecule has 0 spiro atoms. The van der Waals surface area contributed by atoms with Crippen molar-refractivity contribution in [2.24, 2.45) is 0 Å². The summed E-state index contributed by atoms with van der Waals surface area (Å²) in [6.45, 7) is 0. The van der Waals surface area contributed by atoms with E-state index in [0.717, 1.165) is 11.8 Å². The van der Waals surface area contributed by atoms with Crippen molar-refractivity contribution in [2.75, 3.05) is 5.73 Å². The standard InChI is InChI=1S/C9H6Cl2N4OS/c10-5-3-14-9(7(12)15-5)17-4-1-2-13-8(16)6(4)11/h1-3H,(H2,12,15)(H,13,16). The van der Waals surface area contributed by atoms with Crippen LogP contribution in [0.15, 0.2) is 33.2 Å². The first-order chi connectivity index (χ1) is 8.08. The Hall–Kier alpha value is -1.24. The van der Waals surface area contributed by atoms with Crippen LogP contribution < -0.4 is 11.3 Å². The molecule has 88 valence electrons. The molecule has 0 bridgehead atoms. The largest absolute Gasteiger partial charge is 0.381 e. The number of aromatic amines is 1. The van der Waals surface area contributed by atoms with Gasteiger partial charge in [0, 0.05) is 11.1 Å². The molecule has 2 aromatic heterocycles. The van der Waals surface area contributed by atoms with Crippen LogP contribution in [0.1, 0.15) is 0 Å². The van der Waals surface area contributed by atoms with Crippen LogP contribution >= 0.6 is 35.0 Å². The Kier molecular flexibility index (Phi) is 3.56. The van der Waals surface area contributed by atoms with E-state index in [1.54, 1.807) is 6.07 Å². The highest BCUT2D eigenvalue weighted by Gasteiger charge is 2.10. The van der Waals surface area contributed by atoms with Gasteiger partial charge in [-0.15, -0.1) is 0 Å². The topological polar surface area (TPSA) is 84.7 Å². The fraction of sp³-hybridized carbons (Fsp3) is 0. The third-order valence-corrected chi connectivity index (χ3v) is 3.54. The van der Waals surface area contributed by atoms with Gasteiger partial charge in [-0.2, -0.15) is 0 Å². The summed E-state index contributed by atoms with van der Waals surface area (Å²) in [4.78, 5) is 22.2. The minimum Gasteiger partial charge on any atom is -0.381 e. The number of nitrogen functional groups attached to an aromatic ring is 1. The number of rotatable bonds is 2. The zero-order valence-corrected chi connectivity index (χ0v) is 10.6. The lowest BCUT2D eigenvalue weighted by Gasteiger charge is -2.04. The average molecular weight is 289 g/mol. The Morgan fingerprint density at radius 1 is 1.41 bits per heavy atom. The number of aromatic nitrogens is 3. The molecule has 0 saturated heterocycles. The Morgan fingerprint density at radius 2 is 2.18 bits per heavy atom. The first-order valence-corrected chi connectivity index (χ1v) is 5.98. The molecule has 17 heavy (non-hydrogen) atoms. The van der Waals surface area contributed by atoms with E-state index in [1.165, 1.54) is 12.4 Å². The third kappa shape index (κ3) is 2.71. The fourth-order valence-corrected chi connectivity index (χ4v) is 2.23. The van der Waals surface area contributed by atoms with Crippen molar-refractivity contribution in [1.82, 2.24) is 15.0 Å². The number of nitrogens with two attached hydrogens (primary N) is 1. The van der Waals surface area contributed by atoms with Crippen LogP contribution in [0.4, 0.5) is 5.82 Å². The van der Waals surface area contributed by atoms with Gasteiger partial charge < -0.3 is 10.7 Å². The number of anilines is 1. The predicted molar refractivity (Wildman–Crippen MR) is 67.7 cm³/mol. The summed E-state index contributed by atoms with van der Waals surface area (Å²) in [5, 5.41) is 0.749. The first-order valence-electron chi connectivity index (χ1n) is 4.41. The molecule has 2 rings (SSSR count). The van der Waals surface area contributed by atoms with Gasteiger partial charge in [-0.1, -0.05) is 35.0 Å². The maximum Gasteiger partial charge on any atom is 0.267 e. The molecule has 5 nitrogen and oxygen atoms in total. The fourth-order valence-electron chi connectivity index (χ4n) is 1.07. The van der Waals surface area contributed by atoms with Gasteiger partial charge in [0.05, 0.1) is 6.20 Å². The van der Waals surface area contributed by atoms with Gasteiger partial charge in [0.2, 0.25) is 0 Å². The van der Waals surface area contributed by atoms with E-state index in [0.29, 0.717) is 9.92 Å². The second-order valence-electron chi connectivity index (χ2n) is 2.97. The molecule has 0 aromatic carbocycles. The van der Waals surface area contributed by atoms with Crippen molar-refractivity contribution in [1.29, 1.82) is 0 Å². The molecule has 0 aliphatic carbocycles. The maximum atomic E-state index is 11.3. The monoisotopic (exact) mass is 288 g/mol. The lowest BCUT2D eigenvalue weighted by molar-refractivity contribution is 1.07. The molecular weight excluding hydrogens is 283 g/mol. The van der Waals surface area contributed by atoms with Gasteiger partial charge in [0.25, 0.3) is 5.56 Å². The maximum absolute atomic E-state index is 11.3. The summed E-state index contributed by atoms with van der Waals surface area (Å²) >= 11 is 12.6. The highest BCUT2D eigenvalue weighted by atomic mass is 35.5. The quantitative estimate of drug-likeness (QED) is 0.885. The van der Waals surface area contributed by atoms with E-state index in [4.69, 9.17) is 28.9 Å². The summed E-state index contributed by atoms with van der Waals surface area (Å²) in [5.74, 6) is 0.193. The zero-order chi connectivity index (χ0) is 12.4. The highest BCUT2D eigenvalue weighted by molar-refractivity contribution is 7.99. The van der Waals surface area contributed by atoms with Crippen molar-refractivity contribution in [3.05, 3.63) is 39.0 Å². The molecule has 2 heterocycles. The molecule has 0 atom stereocenters. The van der Waals surface area contributed by atoms with Crippen molar-refractivity contribution >= 4 is 40.8 Å². The van der Waals surface area contributed by atoms with Crippen LogP contribution in [0.25, 0.3) is 0 Å². The molecule has 2 aromatic rings. The smallest absolute Gasteiger partial charge is 0.267 e. The van der Waals surface area contributed by atoms with E-state index in [1.807, 2.05) is 0 Å². The van der Waals surface area contributed by atoms with E-state index >= 15 is 0 Å². The Labute approximate surface area is 110 Å². The number of nitrogens with one attached hydrogen (secondary N) is 1. The molecule has 0 fully saturated rings.